The molecular formula is C19H19NO4. The molecule has 0 spiro atoms. The van der Waals surface area contributed by atoms with E-state index in [1.807, 2.05) is 0 Å². The molecule has 0 N–H and O–H groups in total. The van der Waals surface area contributed by atoms with Crippen LogP contribution in [-0.2, 0) is 25.5 Å². The van der Waals surface area contributed by atoms with E-state index >= 15 is 0 Å². The van der Waals surface area contributed by atoms with Crippen molar-refractivity contribution in [1.82, 2.24) is 4.57 Å². The molecule has 3 aliphatic heterocycles. The molecule has 0 unspecified atom stereocenters. The van der Waals surface area contributed by atoms with E-state index in [9.17, 15) is 4.79 Å². The first-order valence-corrected chi connectivity index (χ1v) is 8.34. The Kier molecular flexibility index (Phi) is 2.53. The Hall–Kier alpha value is -2.43. The molecule has 5 heteroatoms. The Balaban J connectivity index is 1.60. The van der Waals surface area contributed by atoms with Gasteiger partial charge in [0.2, 0.25) is 0 Å². The van der Waals surface area contributed by atoms with E-state index in [2.05, 4.69) is 35.8 Å². The molecule has 3 aliphatic rings. The zero-order valence-corrected chi connectivity index (χ0v) is 14.0. The number of aromatic nitrogens is 1. The molecule has 2 atom stereocenters. The predicted octanol–water partition coefficient (Wildman–Crippen LogP) is 3.36. The van der Waals surface area contributed by atoms with Crippen LogP contribution in [0.4, 0.5) is 0 Å². The third-order valence-electron chi connectivity index (χ3n) is 5.29. The van der Waals surface area contributed by atoms with Crippen LogP contribution in [0.5, 0.6) is 0 Å². The summed E-state index contributed by atoms with van der Waals surface area (Å²) in [6, 6.07) is 8.42. The number of esters is 1. The van der Waals surface area contributed by atoms with Crippen molar-refractivity contribution in [3.05, 3.63) is 47.0 Å². The molecule has 0 fully saturated rings. The van der Waals surface area contributed by atoms with E-state index in [0.717, 1.165) is 6.54 Å². The van der Waals surface area contributed by atoms with Crippen LogP contribution < -0.4 is 0 Å². The molecule has 0 radical (unpaired) electrons. The van der Waals surface area contributed by atoms with Crippen molar-refractivity contribution in [1.29, 1.82) is 0 Å². The Morgan fingerprint density at radius 3 is 2.83 bits per heavy atom. The minimum Gasteiger partial charge on any atom is -0.459 e. The van der Waals surface area contributed by atoms with Gasteiger partial charge in [0.15, 0.2) is 0 Å². The summed E-state index contributed by atoms with van der Waals surface area (Å²) in [5.74, 6) is -0.787. The molecular weight excluding hydrogens is 306 g/mol. The smallest absolute Gasteiger partial charge is 0.344 e. The predicted molar refractivity (Wildman–Crippen MR) is 87.2 cm³/mol. The van der Waals surface area contributed by atoms with Crippen LogP contribution in [0.2, 0.25) is 0 Å². The summed E-state index contributed by atoms with van der Waals surface area (Å²) in [5, 5.41) is 1.27. The van der Waals surface area contributed by atoms with Crippen molar-refractivity contribution in [2.45, 2.75) is 51.5 Å². The van der Waals surface area contributed by atoms with Gasteiger partial charge in [-0.15, -0.1) is 0 Å². The van der Waals surface area contributed by atoms with Crippen LogP contribution in [0.3, 0.4) is 0 Å². The van der Waals surface area contributed by atoms with Crippen LogP contribution in [-0.4, -0.2) is 22.4 Å². The molecule has 5 nitrogen and oxygen atoms in total. The van der Waals surface area contributed by atoms with Crippen molar-refractivity contribution in [3.8, 4) is 0 Å². The quantitative estimate of drug-likeness (QED) is 0.697. The van der Waals surface area contributed by atoms with Gasteiger partial charge in [0.05, 0.1) is 6.54 Å². The van der Waals surface area contributed by atoms with Gasteiger partial charge in [-0.2, -0.15) is 0 Å². The molecule has 0 saturated carbocycles. The largest absolute Gasteiger partial charge is 0.459 e. The first kappa shape index (κ1) is 14.0. The van der Waals surface area contributed by atoms with Crippen LogP contribution >= 0.6 is 0 Å². The number of fused-ring (bicyclic) bond motifs is 5. The maximum Gasteiger partial charge on any atom is 0.344 e. The van der Waals surface area contributed by atoms with E-state index < -0.39 is 5.79 Å². The van der Waals surface area contributed by atoms with Gasteiger partial charge in [-0.25, -0.2) is 4.79 Å². The zero-order chi connectivity index (χ0) is 16.6. The summed E-state index contributed by atoms with van der Waals surface area (Å²) in [7, 11) is 0. The fraction of sp³-hybridized carbons (Fsp3) is 0.421. The van der Waals surface area contributed by atoms with Crippen molar-refractivity contribution in [2.75, 3.05) is 0 Å². The third kappa shape index (κ3) is 1.72. The van der Waals surface area contributed by atoms with Crippen molar-refractivity contribution in [2.24, 2.45) is 0 Å². The lowest BCUT2D eigenvalue weighted by atomic mass is 9.89. The zero-order valence-electron chi connectivity index (χ0n) is 14.0. The van der Waals surface area contributed by atoms with Gasteiger partial charge in [0, 0.05) is 36.4 Å². The summed E-state index contributed by atoms with van der Waals surface area (Å²) in [6.07, 6.45) is 0.607. The standard InChI is InChI=1S/C19H19NO4/c1-10-11-6-4-5-7-14(11)20-9-15-12(16(10)20)8-13-17(21)23-19(2,3)24-18(13)22-15/h4-7,12,15H,8-9H2,1-3H3/t12-,15-/m0/s1. The van der Waals surface area contributed by atoms with E-state index in [1.54, 1.807) is 13.8 Å². The maximum absolute atomic E-state index is 12.4. The summed E-state index contributed by atoms with van der Waals surface area (Å²) in [6.45, 7) is 6.38. The van der Waals surface area contributed by atoms with Gasteiger partial charge >= 0.3 is 5.97 Å². The molecule has 0 amide bonds. The second kappa shape index (κ2) is 4.35. The Morgan fingerprint density at radius 2 is 2.00 bits per heavy atom. The van der Waals surface area contributed by atoms with Crippen LogP contribution in [0.25, 0.3) is 10.9 Å². The van der Waals surface area contributed by atoms with E-state index in [4.69, 9.17) is 14.2 Å². The number of rotatable bonds is 0. The molecule has 0 aliphatic carbocycles. The lowest BCUT2D eigenvalue weighted by Gasteiger charge is -2.38. The second-order valence-electron chi connectivity index (χ2n) is 7.26. The Morgan fingerprint density at radius 1 is 1.21 bits per heavy atom. The second-order valence-corrected chi connectivity index (χ2v) is 7.26. The number of aryl methyl sites for hydroxylation is 1. The minimum atomic E-state index is -0.973. The van der Waals surface area contributed by atoms with Gasteiger partial charge < -0.3 is 18.8 Å². The number of ether oxygens (including phenoxy) is 3. The maximum atomic E-state index is 12.4. The first-order chi connectivity index (χ1) is 11.4. The minimum absolute atomic E-state index is 0.00348. The average molecular weight is 325 g/mol. The van der Waals surface area contributed by atoms with Gasteiger partial charge in [-0.1, -0.05) is 18.2 Å². The number of benzene rings is 1. The lowest BCUT2D eigenvalue weighted by molar-refractivity contribution is -0.235. The molecule has 0 saturated heterocycles. The van der Waals surface area contributed by atoms with Gasteiger partial charge in [0.25, 0.3) is 11.7 Å². The van der Waals surface area contributed by atoms with Crippen LogP contribution in [0.15, 0.2) is 35.8 Å². The highest BCUT2D eigenvalue weighted by Gasteiger charge is 2.48. The molecule has 1 aromatic heterocycles. The highest BCUT2D eigenvalue weighted by molar-refractivity contribution is 5.90. The fourth-order valence-corrected chi connectivity index (χ4v) is 4.30. The summed E-state index contributed by atoms with van der Waals surface area (Å²) < 4.78 is 19.5. The van der Waals surface area contributed by atoms with Crippen LogP contribution in [0.1, 0.15) is 37.4 Å². The van der Waals surface area contributed by atoms with Crippen LogP contribution in [0, 0.1) is 6.92 Å². The first-order valence-electron chi connectivity index (χ1n) is 8.34. The molecule has 4 heterocycles. The number of para-hydroxylation sites is 1. The topological polar surface area (TPSA) is 49.7 Å². The van der Waals surface area contributed by atoms with Crippen molar-refractivity contribution >= 4 is 16.9 Å². The van der Waals surface area contributed by atoms with Gasteiger partial charge in [0.1, 0.15) is 11.7 Å². The third-order valence-corrected chi connectivity index (χ3v) is 5.29. The number of hydrogen-bond donors (Lipinski definition) is 0. The number of carbonyl (C=O) groups excluding carboxylic acids is 1. The molecule has 24 heavy (non-hydrogen) atoms. The summed E-state index contributed by atoms with van der Waals surface area (Å²) >= 11 is 0. The average Bonchev–Trinajstić information content (AvgIpc) is 3.01. The highest BCUT2D eigenvalue weighted by Crippen LogP contribution is 2.47. The van der Waals surface area contributed by atoms with Gasteiger partial charge in [-0.3, -0.25) is 0 Å². The molecule has 2 aromatic rings. The van der Waals surface area contributed by atoms with E-state index in [-0.39, 0.29) is 18.0 Å². The number of nitrogens with zero attached hydrogens (tertiary/aromatic N) is 1. The highest BCUT2D eigenvalue weighted by atomic mass is 16.8. The summed E-state index contributed by atoms with van der Waals surface area (Å²) in [5.41, 5.74) is 4.29. The van der Waals surface area contributed by atoms with Crippen molar-refractivity contribution in [3.63, 3.8) is 0 Å². The number of hydrogen-bond acceptors (Lipinski definition) is 4. The Labute approximate surface area is 139 Å². The monoisotopic (exact) mass is 325 g/mol. The SMILES string of the molecule is Cc1c2n(c3ccccc13)C[C@@H]1OC3=C(C[C@H]21)C(=O)OC(C)(C)O3. The normalized spacial score (nSPS) is 27.0. The number of cyclic esters (lactones) is 1. The summed E-state index contributed by atoms with van der Waals surface area (Å²) in [4.78, 5) is 12.4. The van der Waals surface area contributed by atoms with Gasteiger partial charge in [-0.05, 0) is 25.0 Å². The fourth-order valence-electron chi connectivity index (χ4n) is 4.30. The molecule has 0 bridgehead atoms. The van der Waals surface area contributed by atoms with E-state index in [0.29, 0.717) is 17.9 Å². The van der Waals surface area contributed by atoms with E-state index in [1.165, 1.54) is 22.2 Å². The Bertz CT molecular complexity index is 921. The molecule has 1 aromatic carbocycles. The molecule has 5 rings (SSSR count). The number of carbonyl (C=O) groups is 1. The van der Waals surface area contributed by atoms with Crippen molar-refractivity contribution < 1.29 is 19.0 Å². The lowest BCUT2D eigenvalue weighted by Crippen LogP contribution is -2.41. The molecule has 124 valence electrons.